The lowest BCUT2D eigenvalue weighted by atomic mass is 10.0. The van der Waals surface area contributed by atoms with Gasteiger partial charge in [0.15, 0.2) is 0 Å². The molecule has 0 radical (unpaired) electrons. The maximum Gasteiger partial charge on any atom is 0.224 e. The van der Waals surface area contributed by atoms with Gasteiger partial charge in [-0.1, -0.05) is 12.1 Å². The minimum absolute atomic E-state index is 0. The highest BCUT2D eigenvalue weighted by Gasteiger charge is 2.19. The van der Waals surface area contributed by atoms with Gasteiger partial charge in [-0.2, -0.15) is 0 Å². The molecule has 0 aliphatic carbocycles. The van der Waals surface area contributed by atoms with Gasteiger partial charge in [-0.3, -0.25) is 4.79 Å². The third kappa shape index (κ3) is 5.08. The normalized spacial score (nSPS) is 21.5. The molecule has 1 aromatic rings. The average Bonchev–Trinajstić information content (AvgIpc) is 3.19. The van der Waals surface area contributed by atoms with Crippen LogP contribution in [0.5, 0.6) is 0 Å². The number of rotatable bonds is 5. The fourth-order valence-electron chi connectivity index (χ4n) is 2.83. The van der Waals surface area contributed by atoms with E-state index in [2.05, 4.69) is 22.8 Å². The predicted octanol–water partition coefficient (Wildman–Crippen LogP) is 3.92. The number of hydrogen-bond acceptors (Lipinski definition) is 4. The second kappa shape index (κ2) is 9.06. The molecule has 1 unspecified atom stereocenters. The summed E-state index contributed by atoms with van der Waals surface area (Å²) in [7, 11) is 0. The van der Waals surface area contributed by atoms with Gasteiger partial charge in [0.2, 0.25) is 5.91 Å². The van der Waals surface area contributed by atoms with Crippen LogP contribution in [0.2, 0.25) is 0 Å². The summed E-state index contributed by atoms with van der Waals surface area (Å²) in [6.07, 6.45) is 2.83. The fraction of sp³-hybridized carbons (Fsp3) is 0.562. The maximum absolute atomic E-state index is 12.1. The molecule has 2 aliphatic heterocycles. The predicted molar refractivity (Wildman–Crippen MR) is 100 cm³/mol. The summed E-state index contributed by atoms with van der Waals surface area (Å²) in [5.74, 6) is 3.27. The zero-order chi connectivity index (χ0) is 14.5. The van der Waals surface area contributed by atoms with Crippen LogP contribution in [-0.4, -0.2) is 30.5 Å². The average molecular weight is 359 g/mol. The molecule has 1 atom stereocenters. The maximum atomic E-state index is 12.1. The first-order valence-corrected chi connectivity index (χ1v) is 9.75. The van der Waals surface area contributed by atoms with Crippen molar-refractivity contribution in [2.75, 3.05) is 29.9 Å². The first kappa shape index (κ1) is 18.0. The Bertz CT molecular complexity index is 489. The second-order valence-corrected chi connectivity index (χ2v) is 8.37. The van der Waals surface area contributed by atoms with Crippen LogP contribution in [-0.2, 0) is 4.79 Å². The Morgan fingerprint density at radius 2 is 2.14 bits per heavy atom. The van der Waals surface area contributed by atoms with Gasteiger partial charge < -0.3 is 10.6 Å². The van der Waals surface area contributed by atoms with E-state index in [0.717, 1.165) is 25.2 Å². The lowest BCUT2D eigenvalue weighted by Crippen LogP contribution is -2.15. The largest absolute Gasteiger partial charge is 0.326 e. The zero-order valence-electron chi connectivity index (χ0n) is 12.5. The number of carbonyl (C=O) groups is 1. The van der Waals surface area contributed by atoms with Crippen LogP contribution in [0, 0.1) is 5.92 Å². The van der Waals surface area contributed by atoms with Gasteiger partial charge in [0.25, 0.3) is 0 Å². The number of halogens is 1. The summed E-state index contributed by atoms with van der Waals surface area (Å²) in [6, 6.07) is 8.33. The van der Waals surface area contributed by atoms with Crippen molar-refractivity contribution in [1.82, 2.24) is 5.32 Å². The SMILES string of the molecule is Cl.O=C(CCC1CCNC1)Nc1cccc(C2SCCS2)c1. The van der Waals surface area contributed by atoms with Gasteiger partial charge in [-0.05, 0) is 49.5 Å². The fourth-order valence-corrected chi connectivity index (χ4v) is 5.67. The van der Waals surface area contributed by atoms with E-state index < -0.39 is 0 Å². The molecule has 3 rings (SSSR count). The van der Waals surface area contributed by atoms with Crippen molar-refractivity contribution in [3.8, 4) is 0 Å². The standard InChI is InChI=1S/C16H22N2OS2.ClH/c19-15(5-4-12-6-7-17-11-12)18-14-3-1-2-13(10-14)16-20-8-9-21-16;/h1-3,10,12,16-17H,4-9,11H2,(H,18,19);1H. The smallest absolute Gasteiger partial charge is 0.224 e. The van der Waals surface area contributed by atoms with Gasteiger partial charge in [0, 0.05) is 23.6 Å². The van der Waals surface area contributed by atoms with Crippen molar-refractivity contribution in [2.45, 2.75) is 23.8 Å². The van der Waals surface area contributed by atoms with Crippen LogP contribution >= 0.6 is 35.9 Å². The number of hydrogen-bond donors (Lipinski definition) is 2. The molecule has 0 saturated carbocycles. The van der Waals surface area contributed by atoms with Crippen LogP contribution in [0.4, 0.5) is 5.69 Å². The monoisotopic (exact) mass is 358 g/mol. The topological polar surface area (TPSA) is 41.1 Å². The molecule has 2 fully saturated rings. The third-order valence-electron chi connectivity index (χ3n) is 4.01. The zero-order valence-corrected chi connectivity index (χ0v) is 15.0. The van der Waals surface area contributed by atoms with E-state index in [1.54, 1.807) is 0 Å². The number of benzene rings is 1. The number of carbonyl (C=O) groups excluding carboxylic acids is 1. The van der Waals surface area contributed by atoms with Crippen LogP contribution < -0.4 is 10.6 Å². The first-order chi connectivity index (χ1) is 10.3. The highest BCUT2D eigenvalue weighted by molar-refractivity contribution is 8.19. The molecule has 2 heterocycles. The van der Waals surface area contributed by atoms with E-state index in [4.69, 9.17) is 0 Å². The quantitative estimate of drug-likeness (QED) is 0.837. The van der Waals surface area contributed by atoms with Crippen LogP contribution in [0.15, 0.2) is 24.3 Å². The molecule has 0 aromatic heterocycles. The lowest BCUT2D eigenvalue weighted by molar-refractivity contribution is -0.116. The molecule has 2 aliphatic rings. The van der Waals surface area contributed by atoms with E-state index in [1.807, 2.05) is 35.7 Å². The van der Waals surface area contributed by atoms with Crippen molar-refractivity contribution < 1.29 is 4.79 Å². The molecule has 0 bridgehead atoms. The van der Waals surface area contributed by atoms with E-state index in [9.17, 15) is 4.79 Å². The van der Waals surface area contributed by atoms with Gasteiger partial charge >= 0.3 is 0 Å². The Morgan fingerprint density at radius 3 is 2.86 bits per heavy atom. The number of nitrogens with one attached hydrogen (secondary N) is 2. The molecule has 22 heavy (non-hydrogen) atoms. The van der Waals surface area contributed by atoms with Crippen molar-refractivity contribution in [1.29, 1.82) is 0 Å². The van der Waals surface area contributed by atoms with Crippen LogP contribution in [0.3, 0.4) is 0 Å². The Hall–Kier alpha value is -0.360. The van der Waals surface area contributed by atoms with Gasteiger partial charge in [0.1, 0.15) is 0 Å². The van der Waals surface area contributed by atoms with Crippen LogP contribution in [0.1, 0.15) is 29.4 Å². The number of thioether (sulfide) groups is 2. The van der Waals surface area contributed by atoms with E-state index in [1.165, 1.54) is 23.5 Å². The van der Waals surface area contributed by atoms with Crippen LogP contribution in [0.25, 0.3) is 0 Å². The highest BCUT2D eigenvalue weighted by atomic mass is 35.5. The van der Waals surface area contributed by atoms with Crippen molar-refractivity contribution >= 4 is 47.5 Å². The Labute approximate surface area is 147 Å². The van der Waals surface area contributed by atoms with E-state index >= 15 is 0 Å². The Kier molecular flexibility index (Phi) is 7.41. The number of anilines is 1. The highest BCUT2D eigenvalue weighted by Crippen LogP contribution is 2.45. The summed E-state index contributed by atoms with van der Waals surface area (Å²) >= 11 is 3.99. The molecule has 6 heteroatoms. The van der Waals surface area contributed by atoms with Gasteiger partial charge in [-0.25, -0.2) is 0 Å². The lowest BCUT2D eigenvalue weighted by Gasteiger charge is -2.12. The minimum atomic E-state index is 0. The first-order valence-electron chi connectivity index (χ1n) is 7.65. The summed E-state index contributed by atoms with van der Waals surface area (Å²) in [4.78, 5) is 12.1. The van der Waals surface area contributed by atoms with Gasteiger partial charge in [0.05, 0.1) is 4.58 Å². The van der Waals surface area contributed by atoms with Crippen molar-refractivity contribution in [2.24, 2.45) is 5.92 Å². The molecule has 1 amide bonds. The Balaban J connectivity index is 0.00000176. The molecular formula is C16H23ClN2OS2. The van der Waals surface area contributed by atoms with E-state index in [0.29, 0.717) is 16.9 Å². The summed E-state index contributed by atoms with van der Waals surface area (Å²) in [5, 5.41) is 6.40. The molecule has 2 saturated heterocycles. The van der Waals surface area contributed by atoms with Gasteiger partial charge in [-0.15, -0.1) is 35.9 Å². The summed E-state index contributed by atoms with van der Waals surface area (Å²) in [6.45, 7) is 2.17. The third-order valence-corrected chi connectivity index (χ3v) is 7.11. The van der Waals surface area contributed by atoms with Crippen molar-refractivity contribution in [3.63, 3.8) is 0 Å². The second-order valence-electron chi connectivity index (χ2n) is 5.64. The molecule has 1 aromatic carbocycles. The minimum Gasteiger partial charge on any atom is -0.326 e. The molecule has 2 N–H and O–H groups in total. The Morgan fingerprint density at radius 1 is 1.32 bits per heavy atom. The summed E-state index contributed by atoms with van der Waals surface area (Å²) in [5.41, 5.74) is 2.26. The molecule has 0 spiro atoms. The summed E-state index contributed by atoms with van der Waals surface area (Å²) < 4.78 is 0.534. The number of amides is 1. The van der Waals surface area contributed by atoms with Crippen molar-refractivity contribution in [3.05, 3.63) is 29.8 Å². The van der Waals surface area contributed by atoms with E-state index in [-0.39, 0.29) is 18.3 Å². The molecule has 3 nitrogen and oxygen atoms in total. The molecular weight excluding hydrogens is 336 g/mol. The molecule has 122 valence electrons.